The number of benzene rings is 7. The lowest BCUT2D eigenvalue weighted by Crippen LogP contribution is -2.31. The van der Waals surface area contributed by atoms with Gasteiger partial charge in [-0.15, -0.1) is 0 Å². The topological polar surface area (TPSA) is 32.6 Å². The number of rotatable bonds is 10. The van der Waals surface area contributed by atoms with E-state index in [4.69, 9.17) is 4.99 Å². The molecule has 7 aromatic rings. The van der Waals surface area contributed by atoms with Crippen LogP contribution in [0.15, 0.2) is 169 Å². The summed E-state index contributed by atoms with van der Waals surface area (Å²) in [7, 11) is 0. The van der Waals surface area contributed by atoms with Crippen LogP contribution in [-0.4, -0.2) is 11.3 Å². The van der Waals surface area contributed by atoms with Gasteiger partial charge in [-0.1, -0.05) is 163 Å². The molecular formula is C50H45NO. The summed E-state index contributed by atoms with van der Waals surface area (Å²) in [5.74, 6) is 0.269. The molecule has 0 fully saturated rings. The van der Waals surface area contributed by atoms with Gasteiger partial charge >= 0.3 is 0 Å². The van der Waals surface area contributed by atoms with Crippen LogP contribution in [0.3, 0.4) is 0 Å². The summed E-state index contributed by atoms with van der Waals surface area (Å²) < 4.78 is 0. The molecular weight excluding hydrogens is 631 g/mol. The van der Waals surface area contributed by atoms with Crippen LogP contribution >= 0.6 is 0 Å². The lowest BCUT2D eigenvalue weighted by Gasteiger charge is -2.37. The molecule has 52 heavy (non-hydrogen) atoms. The Morgan fingerprint density at radius 3 is 1.50 bits per heavy atom. The third kappa shape index (κ3) is 6.98. The standard InChI is InChI=1S/C50H45NO/c1-35-24-26-40(37(3)28-35)30-39-31-42(33-41-27-25-36(2)29-38(41)4)49(52)43(32-39)34-51-48-23-15-14-22-47(48)50(44-16-8-5-9-17-44,45-18-10-6-11-19-45)46-20-12-7-13-21-46/h5-29,31-32,34,52H,30,33H2,1-4H3. The first-order chi connectivity index (χ1) is 25.3. The molecule has 0 saturated carbocycles. The van der Waals surface area contributed by atoms with Crippen LogP contribution < -0.4 is 0 Å². The number of hydrogen-bond donors (Lipinski definition) is 1. The second-order valence-electron chi connectivity index (χ2n) is 14.0. The van der Waals surface area contributed by atoms with Crippen LogP contribution in [0.25, 0.3) is 0 Å². The number of aryl methyl sites for hydroxylation is 4. The average Bonchev–Trinajstić information content (AvgIpc) is 3.16. The Bertz CT molecular complexity index is 2240. The molecule has 7 rings (SSSR count). The first-order valence-corrected chi connectivity index (χ1v) is 18.1. The van der Waals surface area contributed by atoms with Gasteiger partial charge in [0.15, 0.2) is 0 Å². The Morgan fingerprint density at radius 1 is 0.500 bits per heavy atom. The van der Waals surface area contributed by atoms with Crippen molar-refractivity contribution in [2.75, 3.05) is 0 Å². The van der Waals surface area contributed by atoms with Gasteiger partial charge in [-0.2, -0.15) is 0 Å². The second-order valence-corrected chi connectivity index (χ2v) is 14.0. The summed E-state index contributed by atoms with van der Waals surface area (Å²) in [4.78, 5) is 5.25. The van der Waals surface area contributed by atoms with E-state index in [1.807, 2.05) is 12.3 Å². The van der Waals surface area contributed by atoms with E-state index in [1.165, 1.54) is 33.4 Å². The normalized spacial score (nSPS) is 11.6. The number of hydrogen-bond acceptors (Lipinski definition) is 2. The Morgan fingerprint density at radius 2 is 0.981 bits per heavy atom. The summed E-state index contributed by atoms with van der Waals surface area (Å²) in [5, 5.41) is 11.9. The van der Waals surface area contributed by atoms with Crippen molar-refractivity contribution in [1.82, 2.24) is 0 Å². The number of phenols is 1. The van der Waals surface area contributed by atoms with E-state index in [0.29, 0.717) is 12.0 Å². The highest BCUT2D eigenvalue weighted by Crippen LogP contribution is 2.48. The Labute approximate surface area is 308 Å². The molecule has 0 aromatic heterocycles. The zero-order valence-electron chi connectivity index (χ0n) is 30.5. The van der Waals surface area contributed by atoms with Crippen LogP contribution in [0.2, 0.25) is 0 Å². The molecule has 0 saturated heterocycles. The van der Waals surface area contributed by atoms with Gasteiger partial charge in [-0.25, -0.2) is 0 Å². The zero-order chi connectivity index (χ0) is 36.1. The van der Waals surface area contributed by atoms with Crippen molar-refractivity contribution in [2.45, 2.75) is 46.0 Å². The van der Waals surface area contributed by atoms with Crippen molar-refractivity contribution >= 4 is 11.9 Å². The van der Waals surface area contributed by atoms with E-state index >= 15 is 0 Å². The summed E-state index contributed by atoms with van der Waals surface area (Å²) in [6.45, 7) is 8.58. The average molecular weight is 676 g/mol. The SMILES string of the molecule is Cc1ccc(Cc2cc(C=Nc3ccccc3C(c3ccccc3)(c3ccccc3)c3ccccc3)c(O)c(Cc3ccc(C)cc3C)c2)c(C)c1. The number of nitrogens with zero attached hydrogens (tertiary/aromatic N) is 1. The van der Waals surface area contributed by atoms with Crippen molar-refractivity contribution in [3.8, 4) is 5.75 Å². The molecule has 1 N–H and O–H groups in total. The van der Waals surface area contributed by atoms with E-state index in [9.17, 15) is 5.11 Å². The van der Waals surface area contributed by atoms with Gasteiger partial charge < -0.3 is 5.11 Å². The zero-order valence-corrected chi connectivity index (χ0v) is 30.5. The van der Waals surface area contributed by atoms with E-state index < -0.39 is 5.41 Å². The minimum absolute atomic E-state index is 0.269. The maximum absolute atomic E-state index is 11.9. The first kappa shape index (κ1) is 34.5. The van der Waals surface area contributed by atoms with E-state index in [-0.39, 0.29) is 5.75 Å². The molecule has 0 heterocycles. The molecule has 0 amide bonds. The van der Waals surface area contributed by atoms with Crippen LogP contribution in [0.5, 0.6) is 5.75 Å². The van der Waals surface area contributed by atoms with Crippen LogP contribution in [-0.2, 0) is 18.3 Å². The number of phenolic OH excluding ortho intramolecular Hbond substituents is 1. The van der Waals surface area contributed by atoms with Crippen molar-refractivity contribution < 1.29 is 5.11 Å². The molecule has 0 radical (unpaired) electrons. The first-order valence-electron chi connectivity index (χ1n) is 18.1. The molecule has 0 aliphatic rings. The fourth-order valence-electron chi connectivity index (χ4n) is 7.71. The monoisotopic (exact) mass is 675 g/mol. The van der Waals surface area contributed by atoms with Gasteiger partial charge in [0.05, 0.1) is 11.1 Å². The number of para-hydroxylation sites is 1. The van der Waals surface area contributed by atoms with Gasteiger partial charge in [0.2, 0.25) is 0 Å². The highest BCUT2D eigenvalue weighted by atomic mass is 16.3. The molecule has 7 aromatic carbocycles. The highest BCUT2D eigenvalue weighted by Gasteiger charge is 2.39. The van der Waals surface area contributed by atoms with Crippen LogP contribution in [0.4, 0.5) is 5.69 Å². The Hall–Kier alpha value is -5.99. The molecule has 2 heteroatoms. The fraction of sp³-hybridized carbons (Fsp3) is 0.140. The second kappa shape index (κ2) is 15.1. The highest BCUT2D eigenvalue weighted by molar-refractivity contribution is 5.87. The largest absolute Gasteiger partial charge is 0.507 e. The third-order valence-electron chi connectivity index (χ3n) is 10.3. The smallest absolute Gasteiger partial charge is 0.127 e. The van der Waals surface area contributed by atoms with Gasteiger partial charge in [0.1, 0.15) is 5.75 Å². The van der Waals surface area contributed by atoms with Gasteiger partial charge in [-0.05, 0) is 102 Å². The molecule has 2 nitrogen and oxygen atoms in total. The minimum Gasteiger partial charge on any atom is -0.507 e. The van der Waals surface area contributed by atoms with E-state index in [1.54, 1.807) is 0 Å². The molecule has 0 atom stereocenters. The van der Waals surface area contributed by atoms with Gasteiger partial charge in [-0.3, -0.25) is 4.99 Å². The summed E-state index contributed by atoms with van der Waals surface area (Å²) in [6.07, 6.45) is 3.26. The van der Waals surface area contributed by atoms with E-state index in [0.717, 1.165) is 45.5 Å². The van der Waals surface area contributed by atoms with Gasteiger partial charge in [0, 0.05) is 18.2 Å². The summed E-state index contributed by atoms with van der Waals surface area (Å²) in [5.41, 5.74) is 15.0. The molecule has 0 aliphatic carbocycles. The maximum atomic E-state index is 11.9. The van der Waals surface area contributed by atoms with Gasteiger partial charge in [0.25, 0.3) is 0 Å². The van der Waals surface area contributed by atoms with Crippen molar-refractivity contribution in [3.63, 3.8) is 0 Å². The Balaban J connectivity index is 1.40. The lowest BCUT2D eigenvalue weighted by molar-refractivity contribution is 0.468. The van der Waals surface area contributed by atoms with Crippen molar-refractivity contribution in [2.24, 2.45) is 4.99 Å². The van der Waals surface area contributed by atoms with Crippen molar-refractivity contribution in [3.05, 3.63) is 236 Å². The van der Waals surface area contributed by atoms with Crippen molar-refractivity contribution in [1.29, 1.82) is 0 Å². The molecule has 0 unspecified atom stereocenters. The maximum Gasteiger partial charge on any atom is 0.127 e. The van der Waals surface area contributed by atoms with Crippen LogP contribution in [0, 0.1) is 27.7 Å². The molecule has 256 valence electrons. The number of aliphatic imine (C=N–C) groups is 1. The third-order valence-corrected chi connectivity index (χ3v) is 10.3. The van der Waals surface area contributed by atoms with E-state index in [2.05, 4.69) is 185 Å². The summed E-state index contributed by atoms with van der Waals surface area (Å²) >= 11 is 0. The summed E-state index contributed by atoms with van der Waals surface area (Å²) in [6, 6.07) is 58.0. The quantitative estimate of drug-likeness (QED) is 0.114. The molecule has 0 spiro atoms. The number of aromatic hydroxyl groups is 1. The lowest BCUT2D eigenvalue weighted by atomic mass is 9.64. The predicted octanol–water partition coefficient (Wildman–Crippen LogP) is 11.9. The van der Waals surface area contributed by atoms with Crippen LogP contribution in [0.1, 0.15) is 72.3 Å². The molecule has 0 aliphatic heterocycles. The minimum atomic E-state index is -0.640. The molecule has 0 bridgehead atoms. The Kier molecular flexibility index (Phi) is 10.00. The fourth-order valence-corrected chi connectivity index (χ4v) is 7.71. The predicted molar refractivity (Wildman–Crippen MR) is 218 cm³/mol.